The Balaban J connectivity index is 4.28. The maximum atomic E-state index is 12.8. The maximum Gasteiger partial charge on any atom is 0.306 e. The second kappa shape index (κ2) is 49.4. The molecule has 0 spiro atoms. The summed E-state index contributed by atoms with van der Waals surface area (Å²) in [7, 11) is 0. The molecule has 362 valence electrons. The van der Waals surface area contributed by atoms with Crippen LogP contribution in [-0.2, 0) is 28.6 Å². The summed E-state index contributed by atoms with van der Waals surface area (Å²) in [6, 6.07) is 0. The number of ether oxygens (including phenoxy) is 3. The zero-order chi connectivity index (χ0) is 44.5. The van der Waals surface area contributed by atoms with E-state index >= 15 is 0 Å². The van der Waals surface area contributed by atoms with E-state index in [0.717, 1.165) is 63.7 Å². The maximum absolute atomic E-state index is 12.8. The SMILES string of the molecule is CCCCCCCCCCCCCCCCCCCC(=O)OC[C@@H](COC(=O)CCCCCCCCCCCCCC)OC(=O)CCCCCCCCCCCCCC(C)C. The van der Waals surface area contributed by atoms with E-state index in [2.05, 4.69) is 27.7 Å². The Morgan fingerprint density at radius 2 is 0.541 bits per heavy atom. The number of rotatable bonds is 50. The molecule has 0 unspecified atom stereocenters. The molecular weight excluding hydrogens is 757 g/mol. The number of unbranched alkanes of at least 4 members (excludes halogenated alkanes) is 37. The van der Waals surface area contributed by atoms with E-state index in [1.165, 1.54) is 205 Å². The van der Waals surface area contributed by atoms with Gasteiger partial charge in [0, 0.05) is 19.3 Å². The van der Waals surface area contributed by atoms with Gasteiger partial charge in [-0.1, -0.05) is 272 Å². The number of esters is 3. The lowest BCUT2D eigenvalue weighted by Gasteiger charge is -2.18. The van der Waals surface area contributed by atoms with E-state index in [9.17, 15) is 14.4 Å². The summed E-state index contributed by atoms with van der Waals surface area (Å²) in [5.41, 5.74) is 0. The van der Waals surface area contributed by atoms with Crippen molar-refractivity contribution < 1.29 is 28.6 Å². The molecule has 0 aliphatic heterocycles. The molecule has 0 aliphatic carbocycles. The fraction of sp³-hybridized carbons (Fsp3) is 0.945. The monoisotopic (exact) mass is 863 g/mol. The number of hydrogen-bond acceptors (Lipinski definition) is 6. The van der Waals surface area contributed by atoms with Crippen LogP contribution in [0, 0.1) is 5.92 Å². The first-order chi connectivity index (χ1) is 29.9. The first kappa shape index (κ1) is 59.4. The van der Waals surface area contributed by atoms with E-state index in [0.29, 0.717) is 19.3 Å². The molecule has 6 nitrogen and oxygen atoms in total. The Labute approximate surface area is 380 Å². The highest BCUT2D eigenvalue weighted by molar-refractivity contribution is 5.71. The molecule has 0 aromatic rings. The molecule has 61 heavy (non-hydrogen) atoms. The fourth-order valence-electron chi connectivity index (χ4n) is 8.39. The van der Waals surface area contributed by atoms with Crippen LogP contribution < -0.4 is 0 Å². The van der Waals surface area contributed by atoms with Crippen LogP contribution >= 0.6 is 0 Å². The molecule has 0 aromatic heterocycles. The summed E-state index contributed by atoms with van der Waals surface area (Å²) in [5.74, 6) is -0.0156. The quantitative estimate of drug-likeness (QED) is 0.0344. The Hall–Kier alpha value is -1.59. The van der Waals surface area contributed by atoms with E-state index in [1.54, 1.807) is 0 Å². The Morgan fingerprint density at radius 1 is 0.311 bits per heavy atom. The standard InChI is InChI=1S/C55H106O6/c1-5-7-9-11-13-15-17-19-20-21-22-23-27-31-35-39-43-47-54(57)60-50-52(49-59-53(56)46-42-38-34-30-26-18-16-14-12-10-8-6-2)61-55(58)48-44-40-36-32-28-24-25-29-33-37-41-45-51(3)4/h51-52H,5-50H2,1-4H3/t52-/m1/s1. The molecule has 6 heteroatoms. The lowest BCUT2D eigenvalue weighted by Crippen LogP contribution is -2.30. The van der Waals surface area contributed by atoms with Crippen molar-refractivity contribution in [2.75, 3.05) is 13.2 Å². The van der Waals surface area contributed by atoms with Gasteiger partial charge in [0.1, 0.15) is 13.2 Å². The van der Waals surface area contributed by atoms with Crippen molar-refractivity contribution in [2.45, 2.75) is 316 Å². The van der Waals surface area contributed by atoms with Gasteiger partial charge in [-0.2, -0.15) is 0 Å². The van der Waals surface area contributed by atoms with Gasteiger partial charge in [0.2, 0.25) is 0 Å². The second-order valence-electron chi connectivity index (χ2n) is 19.3. The average Bonchev–Trinajstić information content (AvgIpc) is 3.24. The van der Waals surface area contributed by atoms with Crippen LogP contribution in [0.2, 0.25) is 0 Å². The Bertz CT molecular complexity index is 918. The second-order valence-corrected chi connectivity index (χ2v) is 19.3. The normalized spacial score (nSPS) is 12.0. The molecule has 0 aliphatic rings. The zero-order valence-electron chi connectivity index (χ0n) is 41.6. The lowest BCUT2D eigenvalue weighted by atomic mass is 10.0. The third-order valence-corrected chi connectivity index (χ3v) is 12.5. The number of carbonyl (C=O) groups excluding carboxylic acids is 3. The molecule has 0 fully saturated rings. The average molecular weight is 863 g/mol. The molecule has 0 aromatic carbocycles. The van der Waals surface area contributed by atoms with Gasteiger partial charge in [0.05, 0.1) is 0 Å². The Kier molecular flexibility index (Phi) is 48.1. The van der Waals surface area contributed by atoms with Crippen molar-refractivity contribution >= 4 is 17.9 Å². The van der Waals surface area contributed by atoms with Crippen LogP contribution in [0.4, 0.5) is 0 Å². The van der Waals surface area contributed by atoms with Crippen LogP contribution in [-0.4, -0.2) is 37.2 Å². The highest BCUT2D eigenvalue weighted by Gasteiger charge is 2.19. The first-order valence-corrected chi connectivity index (χ1v) is 27.4. The van der Waals surface area contributed by atoms with Crippen LogP contribution in [0.1, 0.15) is 310 Å². The first-order valence-electron chi connectivity index (χ1n) is 27.4. The van der Waals surface area contributed by atoms with Crippen molar-refractivity contribution in [2.24, 2.45) is 5.92 Å². The van der Waals surface area contributed by atoms with E-state index in [-0.39, 0.29) is 31.1 Å². The highest BCUT2D eigenvalue weighted by Crippen LogP contribution is 2.17. The van der Waals surface area contributed by atoms with Crippen LogP contribution in [0.3, 0.4) is 0 Å². The van der Waals surface area contributed by atoms with E-state index in [1.807, 2.05) is 0 Å². The molecular formula is C55H106O6. The minimum absolute atomic E-state index is 0.0624. The summed E-state index contributed by atoms with van der Waals surface area (Å²) < 4.78 is 16.8. The molecule has 0 heterocycles. The van der Waals surface area contributed by atoms with Crippen LogP contribution in [0.5, 0.6) is 0 Å². The lowest BCUT2D eigenvalue weighted by molar-refractivity contribution is -0.167. The van der Waals surface area contributed by atoms with Crippen molar-refractivity contribution in [3.05, 3.63) is 0 Å². The summed E-state index contributed by atoms with van der Waals surface area (Å²) in [6.07, 6.45) is 52.3. The summed E-state index contributed by atoms with van der Waals surface area (Å²) in [6.45, 7) is 9.03. The topological polar surface area (TPSA) is 78.9 Å². The van der Waals surface area contributed by atoms with Crippen molar-refractivity contribution in [3.8, 4) is 0 Å². The largest absolute Gasteiger partial charge is 0.462 e. The van der Waals surface area contributed by atoms with Gasteiger partial charge in [-0.25, -0.2) is 0 Å². The van der Waals surface area contributed by atoms with Crippen LogP contribution in [0.25, 0.3) is 0 Å². The molecule has 0 amide bonds. The molecule has 0 bridgehead atoms. The van der Waals surface area contributed by atoms with Gasteiger partial charge in [0.15, 0.2) is 6.10 Å². The molecule has 0 N–H and O–H groups in total. The molecule has 0 saturated heterocycles. The molecule has 0 rings (SSSR count). The molecule has 0 saturated carbocycles. The van der Waals surface area contributed by atoms with Gasteiger partial charge in [-0.15, -0.1) is 0 Å². The third-order valence-electron chi connectivity index (χ3n) is 12.5. The van der Waals surface area contributed by atoms with Gasteiger partial charge in [0.25, 0.3) is 0 Å². The highest BCUT2D eigenvalue weighted by atomic mass is 16.6. The minimum atomic E-state index is -0.761. The smallest absolute Gasteiger partial charge is 0.306 e. The molecule has 1 atom stereocenters. The van der Waals surface area contributed by atoms with Gasteiger partial charge in [-0.05, 0) is 25.2 Å². The summed E-state index contributed by atoms with van der Waals surface area (Å²) in [4.78, 5) is 38.0. The van der Waals surface area contributed by atoms with Crippen molar-refractivity contribution in [3.63, 3.8) is 0 Å². The zero-order valence-corrected chi connectivity index (χ0v) is 41.6. The third kappa shape index (κ3) is 49.3. The van der Waals surface area contributed by atoms with Crippen LogP contribution in [0.15, 0.2) is 0 Å². The number of hydrogen-bond donors (Lipinski definition) is 0. The predicted molar refractivity (Wildman–Crippen MR) is 261 cm³/mol. The van der Waals surface area contributed by atoms with Gasteiger partial charge in [-0.3, -0.25) is 14.4 Å². The molecule has 0 radical (unpaired) electrons. The number of carbonyl (C=O) groups is 3. The van der Waals surface area contributed by atoms with E-state index < -0.39 is 6.10 Å². The minimum Gasteiger partial charge on any atom is -0.462 e. The van der Waals surface area contributed by atoms with Gasteiger partial charge >= 0.3 is 17.9 Å². The van der Waals surface area contributed by atoms with Crippen molar-refractivity contribution in [1.29, 1.82) is 0 Å². The fourth-order valence-corrected chi connectivity index (χ4v) is 8.39. The summed E-state index contributed by atoms with van der Waals surface area (Å²) >= 11 is 0. The summed E-state index contributed by atoms with van der Waals surface area (Å²) in [5, 5.41) is 0. The van der Waals surface area contributed by atoms with Crippen molar-refractivity contribution in [1.82, 2.24) is 0 Å². The van der Waals surface area contributed by atoms with E-state index in [4.69, 9.17) is 14.2 Å². The predicted octanol–water partition coefficient (Wildman–Crippen LogP) is 17.8. The Morgan fingerprint density at radius 3 is 0.803 bits per heavy atom. The van der Waals surface area contributed by atoms with Gasteiger partial charge < -0.3 is 14.2 Å².